The molecule has 0 aromatic heterocycles. The first-order valence-electron chi connectivity index (χ1n) is 6.50. The summed E-state index contributed by atoms with van der Waals surface area (Å²) < 4.78 is 0. The first-order chi connectivity index (χ1) is 8.62. The fourth-order valence-electron chi connectivity index (χ4n) is 2.12. The highest BCUT2D eigenvalue weighted by molar-refractivity contribution is 5.47. The number of hydrogen-bond acceptors (Lipinski definition) is 3. The Labute approximate surface area is 110 Å². The van der Waals surface area contributed by atoms with E-state index in [4.69, 9.17) is 5.26 Å². The Morgan fingerprint density at radius 3 is 2.39 bits per heavy atom. The number of benzene rings is 1. The molecule has 0 saturated heterocycles. The van der Waals surface area contributed by atoms with Gasteiger partial charge in [-0.2, -0.15) is 5.26 Å². The topological polar surface area (TPSA) is 39.1 Å². The Bertz CT molecular complexity index is 387. The Morgan fingerprint density at radius 2 is 1.94 bits per heavy atom. The predicted octanol–water partition coefficient (Wildman–Crippen LogP) is 2.95. The molecule has 18 heavy (non-hydrogen) atoms. The van der Waals surface area contributed by atoms with Crippen LogP contribution in [-0.4, -0.2) is 20.6 Å². The van der Waals surface area contributed by atoms with Gasteiger partial charge >= 0.3 is 0 Å². The molecule has 0 amide bonds. The van der Waals surface area contributed by atoms with Crippen molar-refractivity contribution in [3.63, 3.8) is 0 Å². The number of nitrogens with one attached hydrogen (secondary N) is 1. The number of nitriles is 1. The van der Waals surface area contributed by atoms with Crippen LogP contribution in [0.25, 0.3) is 0 Å². The van der Waals surface area contributed by atoms with Crippen molar-refractivity contribution in [1.29, 1.82) is 5.26 Å². The van der Waals surface area contributed by atoms with Crippen molar-refractivity contribution in [2.75, 3.05) is 25.5 Å². The van der Waals surface area contributed by atoms with Gasteiger partial charge in [-0.3, -0.25) is 0 Å². The summed E-state index contributed by atoms with van der Waals surface area (Å²) in [6, 6.07) is 11.3. The second-order valence-electron chi connectivity index (χ2n) is 4.75. The summed E-state index contributed by atoms with van der Waals surface area (Å²) in [5.74, 6) is 0.0513. The normalized spacial score (nSPS) is 13.7. The van der Waals surface area contributed by atoms with Crippen molar-refractivity contribution in [3.05, 3.63) is 29.8 Å². The first-order valence-corrected chi connectivity index (χ1v) is 6.50. The summed E-state index contributed by atoms with van der Waals surface area (Å²) in [6.07, 6.45) is 1.08. The van der Waals surface area contributed by atoms with Gasteiger partial charge in [0.15, 0.2) is 0 Å². The van der Waals surface area contributed by atoms with Crippen LogP contribution in [0, 0.1) is 17.2 Å². The maximum absolute atomic E-state index is 8.83. The molecule has 0 radical (unpaired) electrons. The zero-order chi connectivity index (χ0) is 13.5. The molecular formula is C15H23N3. The molecule has 0 aliphatic heterocycles. The maximum atomic E-state index is 8.83. The lowest BCUT2D eigenvalue weighted by Gasteiger charge is -2.21. The third-order valence-electron chi connectivity index (χ3n) is 3.26. The molecule has 2 atom stereocenters. The molecule has 0 spiro atoms. The molecule has 0 fully saturated rings. The van der Waals surface area contributed by atoms with Gasteiger partial charge in [-0.25, -0.2) is 0 Å². The molecule has 0 bridgehead atoms. The van der Waals surface area contributed by atoms with Crippen LogP contribution in [0.3, 0.4) is 0 Å². The van der Waals surface area contributed by atoms with Crippen LogP contribution in [0.1, 0.15) is 31.9 Å². The van der Waals surface area contributed by atoms with Gasteiger partial charge in [0.05, 0.1) is 12.0 Å². The molecule has 1 rings (SSSR count). The fourth-order valence-corrected chi connectivity index (χ4v) is 2.12. The SMILES string of the molecule is CCC(NC)c1ccc(N(C)CC(C)C#N)cc1. The molecule has 3 heteroatoms. The van der Waals surface area contributed by atoms with E-state index in [9.17, 15) is 0 Å². The van der Waals surface area contributed by atoms with Gasteiger partial charge in [-0.05, 0) is 38.1 Å². The molecule has 0 saturated carbocycles. The van der Waals surface area contributed by atoms with Crippen LogP contribution in [0.2, 0.25) is 0 Å². The van der Waals surface area contributed by atoms with Crippen LogP contribution < -0.4 is 10.2 Å². The van der Waals surface area contributed by atoms with E-state index in [1.165, 1.54) is 5.56 Å². The quantitative estimate of drug-likeness (QED) is 0.837. The number of anilines is 1. The molecule has 98 valence electrons. The van der Waals surface area contributed by atoms with Gasteiger partial charge in [0, 0.05) is 25.3 Å². The summed E-state index contributed by atoms with van der Waals surface area (Å²) in [7, 11) is 4.01. The van der Waals surface area contributed by atoms with E-state index in [-0.39, 0.29) is 5.92 Å². The molecular weight excluding hydrogens is 222 g/mol. The fraction of sp³-hybridized carbons (Fsp3) is 0.533. The lowest BCUT2D eigenvalue weighted by molar-refractivity contribution is 0.577. The van der Waals surface area contributed by atoms with E-state index in [2.05, 4.69) is 47.5 Å². The summed E-state index contributed by atoms with van der Waals surface area (Å²) in [5, 5.41) is 12.1. The van der Waals surface area contributed by atoms with E-state index in [1.807, 2.05) is 21.0 Å². The summed E-state index contributed by atoms with van der Waals surface area (Å²) >= 11 is 0. The highest BCUT2D eigenvalue weighted by Gasteiger charge is 2.09. The van der Waals surface area contributed by atoms with E-state index < -0.39 is 0 Å². The van der Waals surface area contributed by atoms with E-state index >= 15 is 0 Å². The van der Waals surface area contributed by atoms with E-state index in [0.29, 0.717) is 6.04 Å². The van der Waals surface area contributed by atoms with Crippen molar-refractivity contribution in [2.24, 2.45) is 5.92 Å². The molecule has 3 nitrogen and oxygen atoms in total. The van der Waals surface area contributed by atoms with Gasteiger partial charge in [0.2, 0.25) is 0 Å². The highest BCUT2D eigenvalue weighted by atomic mass is 15.1. The second kappa shape index (κ2) is 7.03. The Kier molecular flexibility index (Phi) is 5.67. The average molecular weight is 245 g/mol. The van der Waals surface area contributed by atoms with Crippen molar-refractivity contribution in [1.82, 2.24) is 5.32 Å². The Hall–Kier alpha value is -1.53. The van der Waals surface area contributed by atoms with Gasteiger partial charge in [0.1, 0.15) is 0 Å². The van der Waals surface area contributed by atoms with Gasteiger partial charge in [0.25, 0.3) is 0 Å². The van der Waals surface area contributed by atoms with E-state index in [0.717, 1.165) is 18.7 Å². The van der Waals surface area contributed by atoms with Gasteiger partial charge in [-0.15, -0.1) is 0 Å². The van der Waals surface area contributed by atoms with E-state index in [1.54, 1.807) is 0 Å². The number of rotatable bonds is 6. The smallest absolute Gasteiger partial charge is 0.0671 e. The van der Waals surface area contributed by atoms with Crippen molar-refractivity contribution in [2.45, 2.75) is 26.3 Å². The number of nitrogens with zero attached hydrogens (tertiary/aromatic N) is 2. The molecule has 1 aromatic rings. The number of hydrogen-bond donors (Lipinski definition) is 1. The lowest BCUT2D eigenvalue weighted by Crippen LogP contribution is -2.23. The van der Waals surface area contributed by atoms with Crippen molar-refractivity contribution in [3.8, 4) is 6.07 Å². The van der Waals surface area contributed by atoms with Crippen LogP contribution in [0.5, 0.6) is 0 Å². The maximum Gasteiger partial charge on any atom is 0.0671 e. The van der Waals surface area contributed by atoms with Crippen molar-refractivity contribution < 1.29 is 0 Å². The Balaban J connectivity index is 2.73. The van der Waals surface area contributed by atoms with Gasteiger partial charge in [-0.1, -0.05) is 19.1 Å². The standard InChI is InChI=1S/C15H23N3/c1-5-15(17-3)13-6-8-14(9-7-13)18(4)11-12(2)10-16/h6-9,12,15,17H,5,11H2,1-4H3. The molecule has 1 N–H and O–H groups in total. The lowest BCUT2D eigenvalue weighted by atomic mass is 10.0. The molecule has 0 aliphatic rings. The minimum Gasteiger partial charge on any atom is -0.373 e. The van der Waals surface area contributed by atoms with Gasteiger partial charge < -0.3 is 10.2 Å². The first kappa shape index (κ1) is 14.5. The Morgan fingerprint density at radius 1 is 1.33 bits per heavy atom. The second-order valence-corrected chi connectivity index (χ2v) is 4.75. The molecule has 2 unspecified atom stereocenters. The minimum atomic E-state index is 0.0513. The predicted molar refractivity (Wildman–Crippen MR) is 76.6 cm³/mol. The van der Waals surface area contributed by atoms with Crippen LogP contribution in [0.4, 0.5) is 5.69 Å². The monoisotopic (exact) mass is 245 g/mol. The summed E-state index contributed by atoms with van der Waals surface area (Å²) in [4.78, 5) is 2.12. The largest absolute Gasteiger partial charge is 0.373 e. The zero-order valence-corrected chi connectivity index (χ0v) is 11.8. The molecule has 0 aliphatic carbocycles. The molecule has 0 heterocycles. The zero-order valence-electron chi connectivity index (χ0n) is 11.8. The third kappa shape index (κ3) is 3.75. The van der Waals surface area contributed by atoms with Crippen molar-refractivity contribution >= 4 is 5.69 Å². The highest BCUT2D eigenvalue weighted by Crippen LogP contribution is 2.20. The summed E-state index contributed by atoms with van der Waals surface area (Å²) in [6.45, 7) is 4.88. The van der Waals surface area contributed by atoms with Crippen LogP contribution in [-0.2, 0) is 0 Å². The average Bonchev–Trinajstić information content (AvgIpc) is 2.40. The van der Waals surface area contributed by atoms with Crippen LogP contribution in [0.15, 0.2) is 24.3 Å². The minimum absolute atomic E-state index is 0.0513. The van der Waals surface area contributed by atoms with Crippen LogP contribution >= 0.6 is 0 Å². The third-order valence-corrected chi connectivity index (χ3v) is 3.26. The summed E-state index contributed by atoms with van der Waals surface area (Å²) in [5.41, 5.74) is 2.47. The molecule has 1 aromatic carbocycles.